The van der Waals surface area contributed by atoms with Crippen molar-refractivity contribution in [3.05, 3.63) is 162 Å². The maximum absolute atomic E-state index is 13.2. The highest BCUT2D eigenvalue weighted by Gasteiger charge is 2.30. The topological polar surface area (TPSA) is 67.2 Å². The van der Waals surface area contributed by atoms with E-state index in [1.165, 1.54) is 18.2 Å². The molecule has 1 amide bonds. The first-order valence-electron chi connectivity index (χ1n) is 14.0. The summed E-state index contributed by atoms with van der Waals surface area (Å²) < 4.78 is 39.7. The molecule has 0 saturated heterocycles. The molecule has 0 atom stereocenters. The first-order valence-corrected chi connectivity index (χ1v) is 14.0. The molecule has 5 nitrogen and oxygen atoms in total. The van der Waals surface area contributed by atoms with Gasteiger partial charge in [-0.15, -0.1) is 0 Å². The normalized spacial score (nSPS) is 12.4. The van der Waals surface area contributed by atoms with Crippen molar-refractivity contribution in [3.63, 3.8) is 0 Å². The highest BCUT2D eigenvalue weighted by molar-refractivity contribution is 6.06. The molecule has 0 unspecified atom stereocenters. The minimum Gasteiger partial charge on any atom is -0.322 e. The van der Waals surface area contributed by atoms with Gasteiger partial charge in [-0.05, 0) is 58.7 Å². The summed E-state index contributed by atoms with van der Waals surface area (Å²) in [7, 11) is 0. The molecule has 6 rings (SSSR count). The number of aromatic nitrogens is 2. The molecule has 2 aromatic heterocycles. The Balaban J connectivity index is 1.27. The van der Waals surface area contributed by atoms with Crippen molar-refractivity contribution in [3.8, 4) is 0 Å². The zero-order chi connectivity index (χ0) is 31.2. The van der Waals surface area contributed by atoms with Crippen LogP contribution in [0.25, 0.3) is 27.1 Å². The number of allylic oxidation sites excluding steroid dienone is 2. The van der Waals surface area contributed by atoms with E-state index in [1.807, 2.05) is 66.7 Å². The van der Waals surface area contributed by atoms with Crippen molar-refractivity contribution >= 4 is 50.6 Å². The number of anilines is 1. The van der Waals surface area contributed by atoms with E-state index >= 15 is 0 Å². The van der Waals surface area contributed by atoms with Crippen LogP contribution < -0.4 is 5.32 Å². The quantitative estimate of drug-likeness (QED) is 0.113. The van der Waals surface area contributed by atoms with Crippen molar-refractivity contribution in [2.45, 2.75) is 6.18 Å². The van der Waals surface area contributed by atoms with Gasteiger partial charge in [0, 0.05) is 64.3 Å². The fourth-order valence-corrected chi connectivity index (χ4v) is 4.95. The summed E-state index contributed by atoms with van der Waals surface area (Å²) in [4.78, 5) is 25.7. The van der Waals surface area contributed by atoms with Gasteiger partial charge in [-0.1, -0.05) is 72.8 Å². The Kier molecular flexibility index (Phi) is 8.28. The number of halogens is 3. The number of hydrogen-bond acceptors (Lipinski definition) is 4. The van der Waals surface area contributed by atoms with E-state index in [9.17, 15) is 18.0 Å². The van der Waals surface area contributed by atoms with Crippen LogP contribution in [0.15, 0.2) is 145 Å². The van der Waals surface area contributed by atoms with E-state index in [1.54, 1.807) is 49.2 Å². The maximum Gasteiger partial charge on any atom is 0.416 e. The molecule has 1 N–H and O–H groups in total. The van der Waals surface area contributed by atoms with Gasteiger partial charge in [0.15, 0.2) is 0 Å². The van der Waals surface area contributed by atoms with Gasteiger partial charge < -0.3 is 5.32 Å². The van der Waals surface area contributed by atoms with Crippen LogP contribution in [-0.4, -0.2) is 22.1 Å². The van der Waals surface area contributed by atoms with Crippen LogP contribution in [0.2, 0.25) is 0 Å². The van der Waals surface area contributed by atoms with Gasteiger partial charge in [0.05, 0.1) is 11.3 Å². The van der Waals surface area contributed by atoms with Crippen LogP contribution in [0.4, 0.5) is 24.5 Å². The molecular formula is C37H25F3N4O. The van der Waals surface area contributed by atoms with Gasteiger partial charge >= 0.3 is 6.18 Å². The second kappa shape index (κ2) is 12.8. The predicted molar refractivity (Wildman–Crippen MR) is 173 cm³/mol. The molecule has 0 saturated carbocycles. The Morgan fingerprint density at radius 1 is 0.733 bits per heavy atom. The van der Waals surface area contributed by atoms with Crippen LogP contribution in [0.5, 0.6) is 0 Å². The number of amides is 1. The van der Waals surface area contributed by atoms with Crippen molar-refractivity contribution < 1.29 is 18.0 Å². The second-order valence-electron chi connectivity index (χ2n) is 10.2. The zero-order valence-electron chi connectivity index (χ0n) is 23.7. The smallest absolute Gasteiger partial charge is 0.322 e. The summed E-state index contributed by atoms with van der Waals surface area (Å²) in [5, 5.41) is 6.61. The van der Waals surface area contributed by atoms with Gasteiger partial charge in [0.25, 0.3) is 0 Å². The largest absolute Gasteiger partial charge is 0.416 e. The maximum atomic E-state index is 13.2. The lowest BCUT2D eigenvalue weighted by atomic mass is 9.95. The SMILES string of the molecule is O=C(/C=C/C=C(\c1ccc(C=Nc2cccc3cnccc23)cc1)c1ccc(C(F)(F)F)cc1)Nc1cccc2cnccc12. The third kappa shape index (κ3) is 6.86. The molecular weight excluding hydrogens is 573 g/mol. The number of carbonyl (C=O) groups excluding carboxylic acids is 1. The van der Waals surface area contributed by atoms with Crippen LogP contribution >= 0.6 is 0 Å². The third-order valence-electron chi connectivity index (χ3n) is 7.20. The van der Waals surface area contributed by atoms with E-state index in [-0.39, 0.29) is 5.91 Å². The van der Waals surface area contributed by atoms with E-state index < -0.39 is 11.7 Å². The number of pyridine rings is 2. The number of nitrogens with zero attached hydrogens (tertiary/aromatic N) is 3. The van der Waals surface area contributed by atoms with Crippen molar-refractivity contribution in [2.75, 3.05) is 5.32 Å². The number of aliphatic imine (C=N–C) groups is 1. The van der Waals surface area contributed by atoms with E-state index in [0.29, 0.717) is 16.8 Å². The Morgan fingerprint density at radius 3 is 2.04 bits per heavy atom. The number of hydrogen-bond donors (Lipinski definition) is 1. The first-order chi connectivity index (χ1) is 21.8. The van der Waals surface area contributed by atoms with Gasteiger partial charge in [0.1, 0.15) is 0 Å². The number of carbonyl (C=O) groups is 1. The Bertz CT molecular complexity index is 2070. The third-order valence-corrected chi connectivity index (χ3v) is 7.20. The summed E-state index contributed by atoms with van der Waals surface area (Å²) in [5.74, 6) is -0.349. The molecule has 0 radical (unpaired) electrons. The average molecular weight is 599 g/mol. The Labute approximate surface area is 257 Å². The number of rotatable bonds is 7. The van der Waals surface area contributed by atoms with E-state index in [0.717, 1.165) is 50.5 Å². The fourth-order valence-electron chi connectivity index (χ4n) is 4.95. The van der Waals surface area contributed by atoms with Gasteiger partial charge in [0.2, 0.25) is 5.91 Å². The molecule has 0 aliphatic rings. The van der Waals surface area contributed by atoms with Gasteiger partial charge in [-0.25, -0.2) is 0 Å². The van der Waals surface area contributed by atoms with Crippen LogP contribution in [0.3, 0.4) is 0 Å². The van der Waals surface area contributed by atoms with Crippen molar-refractivity contribution in [2.24, 2.45) is 4.99 Å². The minimum atomic E-state index is -4.44. The summed E-state index contributed by atoms with van der Waals surface area (Å²) in [5.41, 5.74) is 3.55. The van der Waals surface area contributed by atoms with Crippen LogP contribution in [0.1, 0.15) is 22.3 Å². The monoisotopic (exact) mass is 598 g/mol. The lowest BCUT2D eigenvalue weighted by Crippen LogP contribution is -2.08. The summed E-state index contributed by atoms with van der Waals surface area (Å²) >= 11 is 0. The summed E-state index contributed by atoms with van der Waals surface area (Å²) in [6.07, 6.45) is 8.88. The van der Waals surface area contributed by atoms with Gasteiger partial charge in [-0.2, -0.15) is 13.2 Å². The molecule has 0 bridgehead atoms. The highest BCUT2D eigenvalue weighted by Crippen LogP contribution is 2.32. The molecule has 0 aliphatic heterocycles. The van der Waals surface area contributed by atoms with E-state index in [4.69, 9.17) is 0 Å². The average Bonchev–Trinajstić information content (AvgIpc) is 3.06. The number of nitrogens with one attached hydrogen (secondary N) is 1. The first kappa shape index (κ1) is 29.2. The molecule has 0 aliphatic carbocycles. The molecule has 0 fully saturated rings. The van der Waals surface area contributed by atoms with Crippen LogP contribution in [0, 0.1) is 0 Å². The molecule has 0 spiro atoms. The standard InChI is InChI=1S/C37H25F3N4O/c38-37(39,40)30-16-14-27(15-17-30)31(6-3-9-36(45)44-35-8-2-5-29-24-42-21-19-33(29)35)26-12-10-25(11-13-26)22-43-34-7-1-4-28-23-41-20-18-32(28)34/h1-24H,(H,44,45)/b9-3+,31-6+,43-22?. The fraction of sp³-hybridized carbons (Fsp3) is 0.0270. The predicted octanol–water partition coefficient (Wildman–Crippen LogP) is 9.18. The Hall–Kier alpha value is -5.89. The lowest BCUT2D eigenvalue weighted by molar-refractivity contribution is -0.137. The second-order valence-corrected chi connectivity index (χ2v) is 10.2. The molecule has 45 heavy (non-hydrogen) atoms. The summed E-state index contributed by atoms with van der Waals surface area (Å²) in [6.45, 7) is 0. The van der Waals surface area contributed by atoms with Gasteiger partial charge in [-0.3, -0.25) is 19.8 Å². The summed E-state index contributed by atoms with van der Waals surface area (Å²) in [6, 6.07) is 27.6. The minimum absolute atomic E-state index is 0.349. The Morgan fingerprint density at radius 2 is 1.36 bits per heavy atom. The lowest BCUT2D eigenvalue weighted by Gasteiger charge is -2.11. The molecule has 4 aromatic carbocycles. The number of fused-ring (bicyclic) bond motifs is 2. The molecule has 6 aromatic rings. The molecule has 2 heterocycles. The number of benzene rings is 4. The molecule has 220 valence electrons. The van der Waals surface area contributed by atoms with Crippen molar-refractivity contribution in [1.82, 2.24) is 9.97 Å². The molecule has 8 heteroatoms. The zero-order valence-corrected chi connectivity index (χ0v) is 23.7. The van der Waals surface area contributed by atoms with E-state index in [2.05, 4.69) is 20.3 Å². The number of alkyl halides is 3. The van der Waals surface area contributed by atoms with Crippen molar-refractivity contribution in [1.29, 1.82) is 0 Å². The highest BCUT2D eigenvalue weighted by atomic mass is 19.4. The van der Waals surface area contributed by atoms with Crippen LogP contribution in [-0.2, 0) is 11.0 Å².